The molecule has 1 aliphatic heterocycles. The van der Waals surface area contributed by atoms with Crippen LogP contribution in [0.4, 0.5) is 0 Å². The molecule has 3 rings (SSSR count). The van der Waals surface area contributed by atoms with Gasteiger partial charge in [-0.05, 0) is 31.4 Å². The summed E-state index contributed by atoms with van der Waals surface area (Å²) in [5, 5.41) is 7.03. The molecule has 0 saturated carbocycles. The van der Waals surface area contributed by atoms with Crippen molar-refractivity contribution in [1.29, 1.82) is 0 Å². The lowest BCUT2D eigenvalue weighted by Crippen LogP contribution is -2.37. The summed E-state index contributed by atoms with van der Waals surface area (Å²) >= 11 is 0. The summed E-state index contributed by atoms with van der Waals surface area (Å²) in [6.45, 7) is 4.67. The van der Waals surface area contributed by atoms with Crippen molar-refractivity contribution in [2.24, 2.45) is 0 Å². The van der Waals surface area contributed by atoms with Crippen LogP contribution in [0.1, 0.15) is 42.4 Å². The highest BCUT2D eigenvalue weighted by Crippen LogP contribution is 2.19. The number of aromatic amines is 1. The van der Waals surface area contributed by atoms with Crippen LogP contribution in [0.5, 0.6) is 0 Å². The lowest BCUT2D eigenvalue weighted by Gasteiger charge is -2.25. The van der Waals surface area contributed by atoms with Crippen molar-refractivity contribution in [1.82, 2.24) is 20.1 Å². The maximum Gasteiger partial charge on any atom is 0.253 e. The fourth-order valence-electron chi connectivity index (χ4n) is 3.15. The third kappa shape index (κ3) is 4.47. The molecule has 0 aliphatic carbocycles. The third-order valence-electron chi connectivity index (χ3n) is 4.43. The van der Waals surface area contributed by atoms with Crippen molar-refractivity contribution >= 4 is 5.91 Å². The average molecular weight is 358 g/mol. The van der Waals surface area contributed by atoms with Crippen LogP contribution in [-0.2, 0) is 16.1 Å². The number of nitrogens with one attached hydrogen (secondary N) is 1. The van der Waals surface area contributed by atoms with Gasteiger partial charge in [-0.1, -0.05) is 19.1 Å². The number of methoxy groups -OCH3 is 1. The summed E-state index contributed by atoms with van der Waals surface area (Å²) in [5.74, 6) is 1.32. The molecule has 1 N–H and O–H groups in total. The van der Waals surface area contributed by atoms with Gasteiger partial charge in [0.15, 0.2) is 11.6 Å². The molecular formula is C19H26N4O3. The summed E-state index contributed by atoms with van der Waals surface area (Å²) in [5.41, 5.74) is 1.54. The number of amides is 1. The molecule has 7 heteroatoms. The summed E-state index contributed by atoms with van der Waals surface area (Å²) in [7, 11) is 1.61. The summed E-state index contributed by atoms with van der Waals surface area (Å²) < 4.78 is 10.7. The van der Waals surface area contributed by atoms with E-state index in [-0.39, 0.29) is 12.0 Å². The quantitative estimate of drug-likeness (QED) is 0.785. The van der Waals surface area contributed by atoms with E-state index in [1.807, 2.05) is 29.2 Å². The Morgan fingerprint density at radius 3 is 2.85 bits per heavy atom. The van der Waals surface area contributed by atoms with E-state index in [9.17, 15) is 4.79 Å². The van der Waals surface area contributed by atoms with Crippen LogP contribution in [0.2, 0.25) is 0 Å². The zero-order valence-corrected chi connectivity index (χ0v) is 15.4. The molecular weight excluding hydrogens is 332 g/mol. The van der Waals surface area contributed by atoms with E-state index < -0.39 is 0 Å². The molecule has 0 bridgehead atoms. The number of benzene rings is 1. The fraction of sp³-hybridized carbons (Fsp3) is 0.526. The second-order valence-corrected chi connectivity index (χ2v) is 6.50. The van der Waals surface area contributed by atoms with E-state index in [4.69, 9.17) is 9.47 Å². The predicted octanol–water partition coefficient (Wildman–Crippen LogP) is 2.65. The maximum atomic E-state index is 12.9. The Bertz CT molecular complexity index is 708. The van der Waals surface area contributed by atoms with Crippen molar-refractivity contribution in [2.75, 3.05) is 26.8 Å². The topological polar surface area (TPSA) is 80.3 Å². The third-order valence-corrected chi connectivity index (χ3v) is 4.43. The standard InChI is InChI=1S/C19H26N4O3/c1-3-10-23(12-16-5-4-11-26-16)19(24)15-8-6-14(7-9-15)18-20-17(13-25-2)21-22-18/h6-9,16H,3-5,10-13H2,1-2H3,(H,20,21,22)/t16-/m1/s1. The molecule has 2 aromatic rings. The predicted molar refractivity (Wildman–Crippen MR) is 97.7 cm³/mol. The smallest absolute Gasteiger partial charge is 0.253 e. The summed E-state index contributed by atoms with van der Waals surface area (Å²) in [6.07, 6.45) is 3.20. The number of carbonyl (C=O) groups is 1. The highest BCUT2D eigenvalue weighted by Gasteiger charge is 2.23. The van der Waals surface area contributed by atoms with Crippen molar-refractivity contribution in [2.45, 2.75) is 38.9 Å². The molecule has 1 fully saturated rings. The van der Waals surface area contributed by atoms with Gasteiger partial charge in [-0.2, -0.15) is 5.10 Å². The van der Waals surface area contributed by atoms with Gasteiger partial charge in [-0.25, -0.2) is 4.98 Å². The van der Waals surface area contributed by atoms with Crippen LogP contribution < -0.4 is 0 Å². The monoisotopic (exact) mass is 358 g/mol. The van der Waals surface area contributed by atoms with E-state index >= 15 is 0 Å². The molecule has 1 atom stereocenters. The van der Waals surface area contributed by atoms with Gasteiger partial charge >= 0.3 is 0 Å². The Balaban J connectivity index is 1.69. The number of hydrogen-bond acceptors (Lipinski definition) is 5. The number of ether oxygens (including phenoxy) is 2. The van der Waals surface area contributed by atoms with Gasteiger partial charge in [0.05, 0.1) is 6.10 Å². The number of rotatable bonds is 8. The molecule has 1 saturated heterocycles. The van der Waals surface area contributed by atoms with Gasteiger partial charge < -0.3 is 14.4 Å². The normalized spacial score (nSPS) is 16.8. The molecule has 0 radical (unpaired) electrons. The Hall–Kier alpha value is -2.25. The molecule has 1 aromatic carbocycles. The highest BCUT2D eigenvalue weighted by atomic mass is 16.5. The molecule has 7 nitrogen and oxygen atoms in total. The summed E-state index contributed by atoms with van der Waals surface area (Å²) in [6, 6.07) is 7.43. The first-order valence-corrected chi connectivity index (χ1v) is 9.12. The molecule has 26 heavy (non-hydrogen) atoms. The van der Waals surface area contributed by atoms with Gasteiger partial charge in [-0.15, -0.1) is 0 Å². The van der Waals surface area contributed by atoms with Gasteiger partial charge in [-0.3, -0.25) is 9.89 Å². The van der Waals surface area contributed by atoms with Crippen LogP contribution in [0.25, 0.3) is 11.4 Å². The Morgan fingerprint density at radius 1 is 1.38 bits per heavy atom. The molecule has 1 aliphatic rings. The van der Waals surface area contributed by atoms with Crippen LogP contribution in [0.3, 0.4) is 0 Å². The van der Waals surface area contributed by atoms with Crippen LogP contribution in [-0.4, -0.2) is 58.9 Å². The number of hydrogen-bond donors (Lipinski definition) is 1. The zero-order valence-electron chi connectivity index (χ0n) is 15.4. The molecule has 0 unspecified atom stereocenters. The van der Waals surface area contributed by atoms with Gasteiger partial charge in [0.2, 0.25) is 0 Å². The van der Waals surface area contributed by atoms with Crippen LogP contribution in [0.15, 0.2) is 24.3 Å². The first-order chi connectivity index (χ1) is 12.7. The fourth-order valence-corrected chi connectivity index (χ4v) is 3.15. The van der Waals surface area contributed by atoms with Crippen LogP contribution in [0, 0.1) is 0 Å². The van der Waals surface area contributed by atoms with Gasteiger partial charge in [0.1, 0.15) is 6.61 Å². The van der Waals surface area contributed by atoms with E-state index in [0.29, 0.717) is 30.4 Å². The lowest BCUT2D eigenvalue weighted by molar-refractivity contribution is 0.0526. The van der Waals surface area contributed by atoms with Crippen molar-refractivity contribution in [3.8, 4) is 11.4 Å². The van der Waals surface area contributed by atoms with E-state index in [1.54, 1.807) is 7.11 Å². The maximum absolute atomic E-state index is 12.9. The minimum atomic E-state index is 0.0453. The number of aromatic nitrogens is 3. The molecule has 1 amide bonds. The van der Waals surface area contributed by atoms with E-state index in [2.05, 4.69) is 22.1 Å². The molecule has 2 heterocycles. The molecule has 0 spiro atoms. The van der Waals surface area contributed by atoms with Crippen molar-refractivity contribution in [3.63, 3.8) is 0 Å². The largest absolute Gasteiger partial charge is 0.377 e. The second kappa shape index (κ2) is 8.91. The second-order valence-electron chi connectivity index (χ2n) is 6.50. The summed E-state index contributed by atoms with van der Waals surface area (Å²) in [4.78, 5) is 19.1. The highest BCUT2D eigenvalue weighted by molar-refractivity contribution is 5.94. The number of H-pyrrole nitrogens is 1. The SMILES string of the molecule is CCCN(C[C@H]1CCCO1)C(=O)c1ccc(-c2n[nH]c(COC)n2)cc1. The Labute approximate surface area is 153 Å². The minimum Gasteiger partial charge on any atom is -0.377 e. The molecule has 1 aromatic heterocycles. The lowest BCUT2D eigenvalue weighted by atomic mass is 10.1. The van der Waals surface area contributed by atoms with E-state index in [1.165, 1.54) is 0 Å². The first-order valence-electron chi connectivity index (χ1n) is 9.12. The van der Waals surface area contributed by atoms with Gasteiger partial charge in [0, 0.05) is 37.9 Å². The van der Waals surface area contributed by atoms with Crippen LogP contribution >= 0.6 is 0 Å². The van der Waals surface area contributed by atoms with Crippen molar-refractivity contribution in [3.05, 3.63) is 35.7 Å². The Kier molecular flexibility index (Phi) is 6.35. The first kappa shape index (κ1) is 18.5. The van der Waals surface area contributed by atoms with E-state index in [0.717, 1.165) is 38.0 Å². The minimum absolute atomic E-state index is 0.0453. The Morgan fingerprint density at radius 2 is 2.19 bits per heavy atom. The van der Waals surface area contributed by atoms with Gasteiger partial charge in [0.25, 0.3) is 5.91 Å². The molecule has 140 valence electrons. The average Bonchev–Trinajstić information content (AvgIpc) is 3.33. The number of carbonyl (C=O) groups excluding carboxylic acids is 1. The van der Waals surface area contributed by atoms with Crippen molar-refractivity contribution < 1.29 is 14.3 Å². The number of nitrogens with zero attached hydrogens (tertiary/aromatic N) is 3. The zero-order chi connectivity index (χ0) is 18.4.